The Balaban J connectivity index is 1.32. The third-order valence-corrected chi connectivity index (χ3v) is 5.73. The lowest BCUT2D eigenvalue weighted by Gasteiger charge is -2.07. The monoisotopic (exact) mass is 440 g/mol. The average molecular weight is 440 g/mol. The predicted octanol–water partition coefficient (Wildman–Crippen LogP) is 2.46. The van der Waals surface area contributed by atoms with E-state index in [1.807, 2.05) is 0 Å². The molecule has 0 fully saturated rings. The molecule has 0 aliphatic carbocycles. The summed E-state index contributed by atoms with van der Waals surface area (Å²) in [4.78, 5) is 24.8. The number of ether oxygens (including phenoxy) is 3. The molecule has 0 bridgehead atoms. The molecule has 160 valence electrons. The van der Waals surface area contributed by atoms with Gasteiger partial charge in [0.05, 0.1) is 19.4 Å². The summed E-state index contributed by atoms with van der Waals surface area (Å²) in [5.41, 5.74) is 1.07. The largest absolute Gasteiger partial charge is 0.497 e. The number of hydrogen-bond donors (Lipinski definition) is 1. The van der Waals surface area contributed by atoms with Gasteiger partial charge >= 0.3 is 0 Å². The van der Waals surface area contributed by atoms with Gasteiger partial charge in [-0.3, -0.25) is 9.59 Å². The highest BCUT2D eigenvalue weighted by Gasteiger charge is 2.17. The second-order valence-corrected chi connectivity index (χ2v) is 7.59. The first-order chi connectivity index (χ1) is 15.0. The molecule has 1 aromatic heterocycles. The minimum Gasteiger partial charge on any atom is -0.497 e. The zero-order valence-corrected chi connectivity index (χ0v) is 17.8. The first kappa shape index (κ1) is 20.7. The Bertz CT molecular complexity index is 1110. The highest BCUT2D eigenvalue weighted by Crippen LogP contribution is 2.32. The average Bonchev–Trinajstić information content (AvgIpc) is 3.41. The van der Waals surface area contributed by atoms with E-state index in [1.54, 1.807) is 61.2 Å². The van der Waals surface area contributed by atoms with Crippen LogP contribution in [0.25, 0.3) is 0 Å². The number of rotatable bonds is 8. The number of benzene rings is 2. The van der Waals surface area contributed by atoms with Gasteiger partial charge < -0.3 is 24.1 Å². The van der Waals surface area contributed by atoms with E-state index in [1.165, 1.54) is 11.8 Å². The Morgan fingerprint density at radius 2 is 1.84 bits per heavy atom. The van der Waals surface area contributed by atoms with E-state index in [-0.39, 0.29) is 30.8 Å². The lowest BCUT2D eigenvalue weighted by molar-refractivity contribution is 0.0948. The molecule has 3 aromatic rings. The Labute approximate surface area is 182 Å². The van der Waals surface area contributed by atoms with E-state index in [4.69, 9.17) is 14.2 Å². The number of fused-ring (bicyclic) bond motifs is 1. The van der Waals surface area contributed by atoms with Crippen molar-refractivity contribution >= 4 is 23.5 Å². The van der Waals surface area contributed by atoms with Crippen molar-refractivity contribution in [1.29, 1.82) is 0 Å². The highest BCUT2D eigenvalue weighted by atomic mass is 32.2. The maximum atomic E-state index is 12.4. The molecule has 9 nitrogen and oxygen atoms in total. The summed E-state index contributed by atoms with van der Waals surface area (Å²) in [7, 11) is 3.37. The summed E-state index contributed by atoms with van der Waals surface area (Å²) in [6.07, 6.45) is 0. The topological polar surface area (TPSA) is 105 Å². The van der Waals surface area contributed by atoms with Crippen molar-refractivity contribution in [3.05, 3.63) is 59.4 Å². The van der Waals surface area contributed by atoms with Crippen LogP contribution in [0.2, 0.25) is 0 Å². The minimum absolute atomic E-state index is 0.0201. The number of ketones is 1. The summed E-state index contributed by atoms with van der Waals surface area (Å²) < 4.78 is 17.4. The van der Waals surface area contributed by atoms with Crippen LogP contribution in [0.1, 0.15) is 26.5 Å². The zero-order chi connectivity index (χ0) is 21.8. The Morgan fingerprint density at radius 3 is 2.61 bits per heavy atom. The summed E-state index contributed by atoms with van der Waals surface area (Å²) in [5, 5.41) is 11.6. The van der Waals surface area contributed by atoms with Gasteiger partial charge in [0.1, 0.15) is 5.75 Å². The van der Waals surface area contributed by atoms with Gasteiger partial charge in [-0.15, -0.1) is 10.2 Å². The van der Waals surface area contributed by atoms with E-state index in [2.05, 4.69) is 15.5 Å². The normalized spacial score (nSPS) is 11.9. The Hall–Kier alpha value is -3.53. The fraction of sp³-hybridized carbons (Fsp3) is 0.238. The van der Waals surface area contributed by atoms with Gasteiger partial charge in [-0.1, -0.05) is 11.8 Å². The number of amides is 1. The van der Waals surface area contributed by atoms with Crippen molar-refractivity contribution in [3.8, 4) is 17.2 Å². The molecule has 0 spiro atoms. The van der Waals surface area contributed by atoms with Crippen molar-refractivity contribution in [2.75, 3.05) is 19.7 Å². The quantitative estimate of drug-likeness (QED) is 0.421. The van der Waals surface area contributed by atoms with Gasteiger partial charge in [0.25, 0.3) is 5.91 Å². The number of thioether (sulfide) groups is 1. The van der Waals surface area contributed by atoms with E-state index < -0.39 is 0 Å². The van der Waals surface area contributed by atoms with Crippen LogP contribution in [0.4, 0.5) is 0 Å². The molecule has 4 rings (SSSR count). The molecular weight excluding hydrogens is 420 g/mol. The van der Waals surface area contributed by atoms with Gasteiger partial charge in [-0.25, -0.2) is 0 Å². The standard InChI is InChI=1S/C21H20N4O5S/c1-25-19(10-22-20(27)14-5-8-17-18(9-14)30-12-29-17)23-24-21(25)31-11-16(26)13-3-6-15(28-2)7-4-13/h3-9H,10-12H2,1-2H3,(H,22,27). The number of aromatic nitrogens is 3. The van der Waals surface area contributed by atoms with Gasteiger partial charge in [-0.05, 0) is 42.5 Å². The molecule has 0 saturated heterocycles. The lowest BCUT2D eigenvalue weighted by Crippen LogP contribution is -2.24. The van der Waals surface area contributed by atoms with Crippen LogP contribution < -0.4 is 19.5 Å². The number of methoxy groups -OCH3 is 1. The predicted molar refractivity (Wildman–Crippen MR) is 113 cm³/mol. The van der Waals surface area contributed by atoms with Crippen LogP contribution in [0.3, 0.4) is 0 Å². The highest BCUT2D eigenvalue weighted by molar-refractivity contribution is 7.99. The van der Waals surface area contributed by atoms with Gasteiger partial charge in [0, 0.05) is 18.2 Å². The summed E-state index contributed by atoms with van der Waals surface area (Å²) >= 11 is 1.29. The van der Waals surface area contributed by atoms with Crippen LogP contribution in [0.15, 0.2) is 47.6 Å². The van der Waals surface area contributed by atoms with Crippen molar-refractivity contribution in [2.45, 2.75) is 11.7 Å². The zero-order valence-electron chi connectivity index (χ0n) is 17.0. The molecule has 31 heavy (non-hydrogen) atoms. The fourth-order valence-corrected chi connectivity index (χ4v) is 3.74. The van der Waals surface area contributed by atoms with E-state index in [9.17, 15) is 9.59 Å². The minimum atomic E-state index is -0.259. The second kappa shape index (κ2) is 9.09. The molecule has 10 heteroatoms. The molecule has 0 atom stereocenters. The van der Waals surface area contributed by atoms with Gasteiger partial charge in [-0.2, -0.15) is 0 Å². The molecule has 0 unspecified atom stereocenters. The molecule has 1 aliphatic heterocycles. The van der Waals surface area contributed by atoms with Crippen molar-refractivity contribution in [1.82, 2.24) is 20.1 Å². The maximum Gasteiger partial charge on any atom is 0.251 e. The third-order valence-electron chi connectivity index (χ3n) is 4.71. The first-order valence-corrected chi connectivity index (χ1v) is 10.4. The fourth-order valence-electron chi connectivity index (χ4n) is 2.91. The summed E-state index contributed by atoms with van der Waals surface area (Å²) in [6.45, 7) is 0.352. The molecular formula is C21H20N4O5S. The van der Waals surface area contributed by atoms with Crippen LogP contribution in [-0.2, 0) is 13.6 Å². The van der Waals surface area contributed by atoms with Crippen LogP contribution in [-0.4, -0.2) is 46.1 Å². The molecule has 2 heterocycles. The van der Waals surface area contributed by atoms with Crippen LogP contribution in [0, 0.1) is 0 Å². The number of Topliss-reactive ketones (excluding diaryl/α,β-unsaturated/α-hetero) is 1. The Morgan fingerprint density at radius 1 is 1.10 bits per heavy atom. The lowest BCUT2D eigenvalue weighted by atomic mass is 10.1. The van der Waals surface area contributed by atoms with Gasteiger partial charge in [0.15, 0.2) is 28.3 Å². The first-order valence-electron chi connectivity index (χ1n) is 9.41. The van der Waals surface area contributed by atoms with Gasteiger partial charge in [0.2, 0.25) is 6.79 Å². The number of carbonyl (C=O) groups is 2. The van der Waals surface area contributed by atoms with Crippen molar-refractivity contribution < 1.29 is 23.8 Å². The molecule has 2 aromatic carbocycles. The number of hydrogen-bond acceptors (Lipinski definition) is 8. The smallest absolute Gasteiger partial charge is 0.251 e. The van der Waals surface area contributed by atoms with E-state index in [0.29, 0.717) is 39.4 Å². The van der Waals surface area contributed by atoms with Crippen LogP contribution in [0.5, 0.6) is 17.2 Å². The van der Waals surface area contributed by atoms with Crippen LogP contribution >= 0.6 is 11.8 Å². The van der Waals surface area contributed by atoms with E-state index in [0.717, 1.165) is 0 Å². The van der Waals surface area contributed by atoms with Crippen molar-refractivity contribution in [3.63, 3.8) is 0 Å². The van der Waals surface area contributed by atoms with Crippen molar-refractivity contribution in [2.24, 2.45) is 7.05 Å². The summed E-state index contributed by atoms with van der Waals surface area (Å²) in [5.74, 6) is 2.39. The molecule has 0 saturated carbocycles. The SMILES string of the molecule is COc1ccc(C(=O)CSc2nnc(CNC(=O)c3ccc4c(c3)OCO4)n2C)cc1. The third kappa shape index (κ3) is 4.64. The summed E-state index contributed by atoms with van der Waals surface area (Å²) in [6, 6.07) is 12.0. The second-order valence-electron chi connectivity index (χ2n) is 6.65. The number of carbonyl (C=O) groups excluding carboxylic acids is 2. The molecule has 1 amide bonds. The number of nitrogens with one attached hydrogen (secondary N) is 1. The molecule has 0 radical (unpaired) electrons. The Kier molecular flexibility index (Phi) is 6.08. The van der Waals surface area contributed by atoms with E-state index >= 15 is 0 Å². The molecule has 1 aliphatic rings. The molecule has 1 N–H and O–H groups in total. The maximum absolute atomic E-state index is 12.4. The number of nitrogens with zero attached hydrogens (tertiary/aromatic N) is 3.